The van der Waals surface area contributed by atoms with Crippen molar-refractivity contribution in [1.29, 1.82) is 5.41 Å². The number of carbonyl (C=O) groups is 3. The molecule has 24 heavy (non-hydrogen) atoms. The largest absolute Gasteiger partial charge is 0.411 e. The van der Waals surface area contributed by atoms with Gasteiger partial charge in [-0.15, -0.1) is 0 Å². The van der Waals surface area contributed by atoms with Crippen molar-refractivity contribution in [3.8, 4) is 0 Å². The molecule has 1 aliphatic carbocycles. The van der Waals surface area contributed by atoms with E-state index in [-0.39, 0.29) is 11.7 Å². The van der Waals surface area contributed by atoms with E-state index in [1.165, 1.54) is 19.1 Å². The molecule has 1 fully saturated rings. The summed E-state index contributed by atoms with van der Waals surface area (Å²) in [5, 5.41) is 7.94. The molecule has 3 rings (SSSR count). The molecule has 1 unspecified atom stereocenters. The van der Waals surface area contributed by atoms with Gasteiger partial charge in [0.1, 0.15) is 11.5 Å². The van der Waals surface area contributed by atoms with Crippen molar-refractivity contribution in [3.05, 3.63) is 60.2 Å². The van der Waals surface area contributed by atoms with Crippen LogP contribution in [0.3, 0.4) is 0 Å². The third kappa shape index (κ3) is 2.56. The highest BCUT2D eigenvalue weighted by molar-refractivity contribution is 6.11. The van der Waals surface area contributed by atoms with Gasteiger partial charge in [-0.1, -0.05) is 30.3 Å². The molecule has 1 saturated heterocycles. The van der Waals surface area contributed by atoms with Crippen LogP contribution in [0, 0.1) is 11.3 Å². The molecule has 0 saturated carbocycles. The highest BCUT2D eigenvalue weighted by atomic mass is 16.5. The van der Waals surface area contributed by atoms with Gasteiger partial charge in [0.2, 0.25) is 11.8 Å². The second-order valence-corrected chi connectivity index (χ2v) is 5.76. The van der Waals surface area contributed by atoms with Crippen molar-refractivity contribution in [2.24, 2.45) is 5.92 Å². The Morgan fingerprint density at radius 3 is 2.42 bits per heavy atom. The average molecular weight is 324 g/mol. The molecule has 0 radical (unpaired) electrons. The number of esters is 1. The van der Waals surface area contributed by atoms with Crippen molar-refractivity contribution in [2.75, 3.05) is 0 Å². The second-order valence-electron chi connectivity index (χ2n) is 5.76. The number of benzene rings is 1. The van der Waals surface area contributed by atoms with Crippen molar-refractivity contribution in [1.82, 2.24) is 4.90 Å². The number of rotatable bonds is 3. The third-order valence-electron chi connectivity index (χ3n) is 4.17. The molecule has 1 N–H and O–H groups in total. The average Bonchev–Trinajstić information content (AvgIpc) is 2.55. The molecular weight excluding hydrogens is 308 g/mol. The van der Waals surface area contributed by atoms with E-state index in [0.29, 0.717) is 6.54 Å². The Hall–Kier alpha value is -3.02. The Kier molecular flexibility index (Phi) is 3.89. The van der Waals surface area contributed by atoms with Crippen molar-refractivity contribution in [2.45, 2.75) is 19.0 Å². The molecule has 1 spiro atoms. The van der Waals surface area contributed by atoms with Gasteiger partial charge in [0, 0.05) is 13.5 Å². The Labute approximate surface area is 138 Å². The van der Waals surface area contributed by atoms with Crippen LogP contribution in [0.4, 0.5) is 0 Å². The molecule has 0 aromatic heterocycles. The molecular formula is C18H16N2O4. The number of ether oxygens (including phenoxy) is 1. The molecule has 1 heterocycles. The van der Waals surface area contributed by atoms with E-state index < -0.39 is 23.3 Å². The minimum Gasteiger partial charge on any atom is -0.411 e. The second kappa shape index (κ2) is 5.88. The summed E-state index contributed by atoms with van der Waals surface area (Å²) in [6.07, 6.45) is 5.95. The van der Waals surface area contributed by atoms with Gasteiger partial charge in [-0.05, 0) is 29.9 Å². The van der Waals surface area contributed by atoms with Crippen LogP contribution in [0.15, 0.2) is 54.6 Å². The molecule has 1 atom stereocenters. The minimum atomic E-state index is -0.951. The maximum absolute atomic E-state index is 12.6. The lowest BCUT2D eigenvalue weighted by Gasteiger charge is -2.54. The van der Waals surface area contributed by atoms with Crippen LogP contribution in [0.2, 0.25) is 0 Å². The SMILES string of the molecule is CC(=O)OC(=N)C1C(=O)N(Cc2ccccc2)C12C=CC(=O)C=C2. The number of likely N-dealkylation sites (tertiary alicyclic amines) is 1. The van der Waals surface area contributed by atoms with E-state index in [4.69, 9.17) is 10.1 Å². The molecule has 1 amide bonds. The summed E-state index contributed by atoms with van der Waals surface area (Å²) in [5.74, 6) is -2.48. The summed E-state index contributed by atoms with van der Waals surface area (Å²) >= 11 is 0. The van der Waals surface area contributed by atoms with Gasteiger partial charge >= 0.3 is 5.97 Å². The fourth-order valence-electron chi connectivity index (χ4n) is 3.07. The predicted octanol–water partition coefficient (Wildman–Crippen LogP) is 1.62. The highest BCUT2D eigenvalue weighted by Crippen LogP contribution is 2.43. The van der Waals surface area contributed by atoms with Crippen LogP contribution in [-0.2, 0) is 25.7 Å². The van der Waals surface area contributed by atoms with Gasteiger partial charge in [0.05, 0.1) is 0 Å². The van der Waals surface area contributed by atoms with Crippen LogP contribution in [0.25, 0.3) is 0 Å². The number of amides is 1. The fraction of sp³-hybridized carbons (Fsp3) is 0.222. The Morgan fingerprint density at radius 1 is 1.21 bits per heavy atom. The van der Waals surface area contributed by atoms with E-state index >= 15 is 0 Å². The predicted molar refractivity (Wildman–Crippen MR) is 86.0 cm³/mol. The lowest BCUT2D eigenvalue weighted by Crippen LogP contribution is -2.71. The van der Waals surface area contributed by atoms with E-state index in [9.17, 15) is 14.4 Å². The molecule has 2 aliphatic rings. The van der Waals surface area contributed by atoms with E-state index in [0.717, 1.165) is 5.56 Å². The molecule has 122 valence electrons. The van der Waals surface area contributed by atoms with Gasteiger partial charge in [0.15, 0.2) is 5.78 Å². The Bertz CT molecular complexity index is 763. The lowest BCUT2D eigenvalue weighted by molar-refractivity contribution is -0.157. The maximum Gasteiger partial charge on any atom is 0.309 e. The van der Waals surface area contributed by atoms with Crippen LogP contribution in [-0.4, -0.2) is 34.0 Å². The summed E-state index contributed by atoms with van der Waals surface area (Å²) in [4.78, 5) is 36.8. The van der Waals surface area contributed by atoms with Crippen molar-refractivity contribution < 1.29 is 19.1 Å². The summed E-state index contributed by atoms with van der Waals surface area (Å²) in [6.45, 7) is 1.52. The first-order chi connectivity index (χ1) is 11.4. The number of nitrogens with zero attached hydrogens (tertiary/aromatic N) is 1. The first-order valence-corrected chi connectivity index (χ1v) is 7.49. The van der Waals surface area contributed by atoms with Crippen LogP contribution in [0.5, 0.6) is 0 Å². The topological polar surface area (TPSA) is 87.5 Å². The molecule has 6 heteroatoms. The zero-order valence-corrected chi connectivity index (χ0v) is 13.1. The van der Waals surface area contributed by atoms with Gasteiger partial charge in [-0.25, -0.2) is 0 Å². The van der Waals surface area contributed by atoms with Crippen LogP contribution >= 0.6 is 0 Å². The number of allylic oxidation sites excluding steroid dienone is 2. The molecule has 1 aliphatic heterocycles. The van der Waals surface area contributed by atoms with E-state index in [2.05, 4.69) is 0 Å². The fourth-order valence-corrected chi connectivity index (χ4v) is 3.07. The number of ketones is 1. The Morgan fingerprint density at radius 2 is 1.83 bits per heavy atom. The smallest absolute Gasteiger partial charge is 0.309 e. The Balaban J connectivity index is 1.92. The number of carbonyl (C=O) groups excluding carboxylic acids is 3. The number of hydrogen-bond acceptors (Lipinski definition) is 5. The summed E-state index contributed by atoms with van der Waals surface area (Å²) < 4.78 is 4.82. The van der Waals surface area contributed by atoms with Crippen molar-refractivity contribution >= 4 is 23.6 Å². The first-order valence-electron chi connectivity index (χ1n) is 7.49. The van der Waals surface area contributed by atoms with Crippen LogP contribution < -0.4 is 0 Å². The van der Waals surface area contributed by atoms with Gasteiger partial charge in [-0.2, -0.15) is 0 Å². The van der Waals surface area contributed by atoms with Crippen molar-refractivity contribution in [3.63, 3.8) is 0 Å². The number of β-lactam (4-membered cyclic amide) rings is 1. The normalized spacial score (nSPS) is 20.9. The molecule has 1 aromatic rings. The molecule has 0 bridgehead atoms. The number of nitrogens with one attached hydrogen (secondary N) is 1. The number of hydrogen-bond donors (Lipinski definition) is 1. The molecule has 6 nitrogen and oxygen atoms in total. The minimum absolute atomic E-state index is 0.183. The lowest BCUT2D eigenvalue weighted by atomic mass is 9.70. The summed E-state index contributed by atoms with van der Waals surface area (Å²) in [7, 11) is 0. The summed E-state index contributed by atoms with van der Waals surface area (Å²) in [6, 6.07) is 9.43. The molecule has 1 aromatic carbocycles. The third-order valence-corrected chi connectivity index (χ3v) is 4.17. The van der Waals surface area contributed by atoms with Gasteiger partial charge in [-0.3, -0.25) is 19.8 Å². The van der Waals surface area contributed by atoms with E-state index in [1.807, 2.05) is 30.3 Å². The zero-order valence-electron chi connectivity index (χ0n) is 13.1. The standard InChI is InChI=1S/C18H16N2O4/c1-12(21)24-16(19)15-17(23)20(11-13-5-3-2-4-6-13)18(15)9-7-14(22)8-10-18/h2-10,15,19H,11H2,1H3. The zero-order chi connectivity index (χ0) is 17.3. The quantitative estimate of drug-likeness (QED) is 0.396. The monoisotopic (exact) mass is 324 g/mol. The van der Waals surface area contributed by atoms with Gasteiger partial charge in [0.25, 0.3) is 0 Å². The highest BCUT2D eigenvalue weighted by Gasteiger charge is 2.60. The first kappa shape index (κ1) is 15.9. The van der Waals surface area contributed by atoms with E-state index in [1.54, 1.807) is 17.1 Å². The van der Waals surface area contributed by atoms with Crippen LogP contribution in [0.1, 0.15) is 12.5 Å². The van der Waals surface area contributed by atoms with Gasteiger partial charge < -0.3 is 9.64 Å². The summed E-state index contributed by atoms with van der Waals surface area (Å²) in [5.41, 5.74) is -0.0192. The maximum atomic E-state index is 12.6.